The largest absolute Gasteiger partial charge is 0.316 e. The second-order valence-corrected chi connectivity index (χ2v) is 9.11. The van der Waals surface area contributed by atoms with Gasteiger partial charge in [-0.1, -0.05) is 24.3 Å². The van der Waals surface area contributed by atoms with E-state index in [1.807, 2.05) is 38.2 Å². The number of nitrogens with one attached hydrogen (secondary N) is 1. The van der Waals surface area contributed by atoms with Crippen LogP contribution < -0.4 is 5.32 Å². The van der Waals surface area contributed by atoms with Gasteiger partial charge in [0.2, 0.25) is 0 Å². The van der Waals surface area contributed by atoms with Crippen molar-refractivity contribution in [1.82, 2.24) is 14.3 Å². The Kier molecular flexibility index (Phi) is 5.40. The normalized spacial score (nSPS) is 11.8. The van der Waals surface area contributed by atoms with Gasteiger partial charge in [0.1, 0.15) is 10.7 Å². The van der Waals surface area contributed by atoms with Crippen molar-refractivity contribution < 1.29 is 12.8 Å². The van der Waals surface area contributed by atoms with E-state index < -0.39 is 10.0 Å². The van der Waals surface area contributed by atoms with Crippen molar-refractivity contribution in [3.05, 3.63) is 95.2 Å². The van der Waals surface area contributed by atoms with E-state index >= 15 is 0 Å². The Morgan fingerprint density at radius 3 is 2.63 bits per heavy atom. The Hall–Kier alpha value is -3.03. The van der Waals surface area contributed by atoms with Gasteiger partial charge in [-0.25, -0.2) is 16.8 Å². The topological polar surface area (TPSA) is 64.0 Å². The van der Waals surface area contributed by atoms with E-state index in [4.69, 9.17) is 0 Å². The number of rotatable bonds is 6. The molecule has 0 fully saturated rings. The number of fused-ring (bicyclic) bond motifs is 1. The third-order valence-electron chi connectivity index (χ3n) is 5.08. The Bertz CT molecular complexity index is 1320. The van der Waals surface area contributed by atoms with Crippen molar-refractivity contribution in [2.24, 2.45) is 0 Å². The van der Waals surface area contributed by atoms with Crippen LogP contribution in [0, 0.1) is 12.7 Å². The third-order valence-corrected chi connectivity index (χ3v) is 6.74. The molecule has 2 aromatic carbocycles. The predicted octanol–water partition coefficient (Wildman–Crippen LogP) is 4.03. The van der Waals surface area contributed by atoms with Crippen LogP contribution in [-0.4, -0.2) is 24.4 Å². The van der Waals surface area contributed by atoms with Crippen molar-refractivity contribution in [2.45, 2.75) is 24.8 Å². The second-order valence-electron chi connectivity index (χ2n) is 7.30. The van der Waals surface area contributed by atoms with Crippen molar-refractivity contribution in [3.8, 4) is 0 Å². The minimum Gasteiger partial charge on any atom is -0.316 e. The van der Waals surface area contributed by atoms with Crippen LogP contribution in [-0.2, 0) is 23.0 Å². The Morgan fingerprint density at radius 1 is 1.10 bits per heavy atom. The predicted molar refractivity (Wildman–Crippen MR) is 115 cm³/mol. The van der Waals surface area contributed by atoms with E-state index in [1.54, 1.807) is 18.3 Å². The maximum Gasteiger partial charge on any atom is 0.269 e. The molecule has 2 aromatic heterocycles. The molecule has 0 amide bonds. The fraction of sp³-hybridized carbons (Fsp3) is 0.174. The zero-order valence-corrected chi connectivity index (χ0v) is 17.6. The van der Waals surface area contributed by atoms with Gasteiger partial charge >= 0.3 is 0 Å². The highest BCUT2D eigenvalue weighted by Crippen LogP contribution is 2.28. The molecule has 0 aliphatic carbocycles. The molecule has 2 heterocycles. The molecule has 0 unspecified atom stereocenters. The van der Waals surface area contributed by atoms with E-state index in [1.165, 1.54) is 28.5 Å². The molecule has 4 rings (SSSR count). The second kappa shape index (κ2) is 8.01. The van der Waals surface area contributed by atoms with E-state index in [-0.39, 0.29) is 10.7 Å². The summed E-state index contributed by atoms with van der Waals surface area (Å²) in [5.41, 5.74) is 3.70. The molecule has 30 heavy (non-hydrogen) atoms. The van der Waals surface area contributed by atoms with Crippen LogP contribution in [0.5, 0.6) is 0 Å². The number of halogens is 1. The molecule has 0 aliphatic rings. The van der Waals surface area contributed by atoms with Gasteiger partial charge in [0.25, 0.3) is 10.0 Å². The smallest absolute Gasteiger partial charge is 0.269 e. The Balaban J connectivity index is 1.85. The number of aromatic nitrogens is 2. The molecular formula is C23H22FN3O2S. The van der Waals surface area contributed by atoms with Gasteiger partial charge in [0.15, 0.2) is 0 Å². The number of hydrogen-bond acceptors (Lipinski definition) is 4. The van der Waals surface area contributed by atoms with Gasteiger partial charge in [-0.05, 0) is 60.5 Å². The lowest BCUT2D eigenvalue weighted by Crippen LogP contribution is -2.12. The van der Waals surface area contributed by atoms with Gasteiger partial charge in [-0.15, -0.1) is 0 Å². The molecule has 5 nitrogen and oxygen atoms in total. The van der Waals surface area contributed by atoms with Gasteiger partial charge in [-0.2, -0.15) is 0 Å². The fourth-order valence-electron chi connectivity index (χ4n) is 3.58. The van der Waals surface area contributed by atoms with Crippen molar-refractivity contribution in [2.75, 3.05) is 7.05 Å². The third kappa shape index (κ3) is 3.74. The van der Waals surface area contributed by atoms with Crippen LogP contribution in [0.4, 0.5) is 4.39 Å². The van der Waals surface area contributed by atoms with Crippen LogP contribution in [0.3, 0.4) is 0 Å². The van der Waals surface area contributed by atoms with Crippen molar-refractivity contribution in [3.63, 3.8) is 0 Å². The molecule has 0 spiro atoms. The lowest BCUT2D eigenvalue weighted by Gasteiger charge is -2.09. The summed E-state index contributed by atoms with van der Waals surface area (Å²) in [6.45, 7) is 2.37. The summed E-state index contributed by atoms with van der Waals surface area (Å²) >= 11 is 0. The number of pyridine rings is 1. The monoisotopic (exact) mass is 423 g/mol. The summed E-state index contributed by atoms with van der Waals surface area (Å²) in [4.78, 5) is 4.06. The minimum atomic E-state index is -3.81. The first-order chi connectivity index (χ1) is 14.4. The number of hydrogen-bond donors (Lipinski definition) is 1. The van der Waals surface area contributed by atoms with Gasteiger partial charge < -0.3 is 5.32 Å². The highest BCUT2D eigenvalue weighted by Gasteiger charge is 2.21. The van der Waals surface area contributed by atoms with Crippen LogP contribution in [0.2, 0.25) is 0 Å². The van der Waals surface area contributed by atoms with Gasteiger partial charge in [0.05, 0.1) is 5.52 Å². The molecule has 154 valence electrons. The molecule has 0 saturated carbocycles. The summed E-state index contributed by atoms with van der Waals surface area (Å²) < 4.78 is 42.2. The van der Waals surface area contributed by atoms with E-state index in [9.17, 15) is 12.8 Å². The van der Waals surface area contributed by atoms with Gasteiger partial charge in [0, 0.05) is 36.9 Å². The Morgan fingerprint density at radius 2 is 1.93 bits per heavy atom. The fourth-order valence-corrected chi connectivity index (χ4v) is 4.93. The number of benzene rings is 2. The lowest BCUT2D eigenvalue weighted by molar-refractivity contribution is 0.588. The van der Waals surface area contributed by atoms with Crippen molar-refractivity contribution >= 4 is 20.9 Å². The Labute approximate surface area is 175 Å². The number of nitrogens with zero attached hydrogens (tertiary/aromatic N) is 2. The van der Waals surface area contributed by atoms with Gasteiger partial charge in [-0.3, -0.25) is 4.98 Å². The summed E-state index contributed by atoms with van der Waals surface area (Å²) in [5.74, 6) is -0.260. The summed E-state index contributed by atoms with van der Waals surface area (Å²) in [7, 11) is -2.00. The molecule has 0 aliphatic heterocycles. The molecular weight excluding hydrogens is 401 g/mol. The first-order valence-electron chi connectivity index (χ1n) is 9.58. The quantitative estimate of drug-likeness (QED) is 0.509. The van der Waals surface area contributed by atoms with Crippen LogP contribution in [0.15, 0.2) is 72.0 Å². The molecule has 0 bridgehead atoms. The van der Waals surface area contributed by atoms with E-state index in [0.717, 1.165) is 22.1 Å². The summed E-state index contributed by atoms with van der Waals surface area (Å²) in [5, 5.41) is 3.92. The van der Waals surface area contributed by atoms with E-state index in [2.05, 4.69) is 10.3 Å². The zero-order chi connectivity index (χ0) is 21.3. The standard InChI is InChI=1S/C23H22FN3O2S/c1-16-5-7-18(22(24)10-16)11-17-6-8-21-19(13-25-2)15-27(23(21)12-17)30(28,29)20-4-3-9-26-14-20/h3-10,12,14-15,25H,11,13H2,1-2H3. The maximum atomic E-state index is 14.3. The summed E-state index contributed by atoms with van der Waals surface area (Å²) in [6.07, 6.45) is 4.89. The first-order valence-corrected chi connectivity index (χ1v) is 11.0. The minimum absolute atomic E-state index is 0.118. The molecule has 0 saturated heterocycles. The van der Waals surface area contributed by atoms with Crippen molar-refractivity contribution in [1.29, 1.82) is 0 Å². The summed E-state index contributed by atoms with van der Waals surface area (Å²) in [6, 6.07) is 13.9. The average molecular weight is 424 g/mol. The SMILES string of the molecule is CNCc1cn(S(=O)(=O)c2cccnc2)c2cc(Cc3ccc(C)cc3F)ccc12. The van der Waals surface area contributed by atoms with E-state index in [0.29, 0.717) is 24.0 Å². The molecule has 1 N–H and O–H groups in total. The molecule has 7 heteroatoms. The van der Waals surface area contributed by atoms with Crippen LogP contribution >= 0.6 is 0 Å². The first kappa shape index (κ1) is 20.3. The van der Waals surface area contributed by atoms with Crippen LogP contribution in [0.1, 0.15) is 22.3 Å². The highest BCUT2D eigenvalue weighted by atomic mass is 32.2. The average Bonchev–Trinajstić information content (AvgIpc) is 3.10. The van der Waals surface area contributed by atoms with Crippen LogP contribution in [0.25, 0.3) is 10.9 Å². The molecule has 0 radical (unpaired) electrons. The number of aryl methyl sites for hydroxylation is 1. The molecule has 0 atom stereocenters. The maximum absolute atomic E-state index is 14.3. The highest BCUT2D eigenvalue weighted by molar-refractivity contribution is 7.90. The zero-order valence-electron chi connectivity index (χ0n) is 16.8. The lowest BCUT2D eigenvalue weighted by atomic mass is 10.0. The molecule has 4 aromatic rings.